The average Bonchev–Trinajstić information content (AvgIpc) is 3.72. The number of nitrogens with one attached hydrogen (secondary N) is 2. The average molecular weight is 779 g/mol. The molecule has 3 aliphatic carbocycles. The number of ether oxygens (including phenoxy) is 4. The van der Waals surface area contributed by atoms with Crippen LogP contribution in [0.4, 0.5) is 4.79 Å². The van der Waals surface area contributed by atoms with Crippen LogP contribution in [0.3, 0.4) is 0 Å². The van der Waals surface area contributed by atoms with Crippen molar-refractivity contribution in [1.29, 1.82) is 0 Å². The van der Waals surface area contributed by atoms with E-state index in [-0.39, 0.29) is 53.1 Å². The number of amides is 2. The van der Waals surface area contributed by atoms with Gasteiger partial charge in [0.2, 0.25) is 5.91 Å². The molecule has 12 heteroatoms. The number of carbonyl (C=O) groups is 3. The highest BCUT2D eigenvalue weighted by molar-refractivity contribution is 8.00. The number of aliphatic hydroxyl groups excluding tert-OH is 1. The van der Waals surface area contributed by atoms with Crippen LogP contribution < -0.4 is 10.6 Å². The highest BCUT2D eigenvalue weighted by Gasteiger charge is 2.73. The van der Waals surface area contributed by atoms with Gasteiger partial charge < -0.3 is 34.7 Å². The molecule has 298 valence electrons. The maximum atomic E-state index is 13.8. The van der Waals surface area contributed by atoms with Gasteiger partial charge in [0, 0.05) is 41.6 Å². The molecular weight excluding hydrogens is 716 g/mol. The van der Waals surface area contributed by atoms with E-state index in [2.05, 4.69) is 31.4 Å². The molecule has 0 unspecified atom stereocenters. The van der Waals surface area contributed by atoms with Gasteiger partial charge in [-0.15, -0.1) is 23.4 Å². The number of esters is 1. The Balaban J connectivity index is 1.20. The van der Waals surface area contributed by atoms with Crippen LogP contribution in [-0.2, 0) is 35.0 Å². The molecule has 1 aromatic carbocycles. The van der Waals surface area contributed by atoms with Gasteiger partial charge in [-0.05, 0) is 107 Å². The molecule has 5 rings (SSSR count). The molecule has 2 bridgehead atoms. The number of alkyl carbamates (subject to hydrolysis) is 1. The minimum atomic E-state index is -0.708. The van der Waals surface area contributed by atoms with E-state index in [0.29, 0.717) is 45.0 Å². The second-order valence-electron chi connectivity index (χ2n) is 17.2. The van der Waals surface area contributed by atoms with Crippen molar-refractivity contribution in [3.05, 3.63) is 29.8 Å². The first-order valence-corrected chi connectivity index (χ1v) is 21.3. The number of aliphatic hydroxyl groups is 1. The molecule has 10 nitrogen and oxygen atoms in total. The lowest BCUT2D eigenvalue weighted by Crippen LogP contribution is -2.65. The van der Waals surface area contributed by atoms with Crippen LogP contribution in [0.1, 0.15) is 105 Å². The van der Waals surface area contributed by atoms with E-state index >= 15 is 0 Å². The first-order chi connectivity index (χ1) is 25.1. The zero-order valence-electron chi connectivity index (χ0n) is 32.7. The van der Waals surface area contributed by atoms with Crippen LogP contribution in [-0.4, -0.2) is 84.6 Å². The smallest absolute Gasteiger partial charge is 0.407 e. The van der Waals surface area contributed by atoms with Crippen LogP contribution in [0.2, 0.25) is 0 Å². The summed E-state index contributed by atoms with van der Waals surface area (Å²) >= 11 is 7.50. The molecule has 3 N–H and O–H groups in total. The predicted octanol–water partition coefficient (Wildman–Crippen LogP) is 7.27. The standard InChI is InChI=1S/C41H63ClN2O8S/c1-27-15-16-40-17-18-41(49-22-23-50-41)36(40)39(27,6)32(25-30(10-7-8-19-42)35(47)28(40)2)51-34(46)26-53-31-13-11-29(12-14-31)24-33(45)43-20-9-21-44-37(48)52-38(3,4)5/h11-14,27-28,30,32,35-36,47H,7-10,15-26H2,1-6H3,(H,43,45)(H,44,48)/t27-,28+,30+,32+,35+,36+,39+,40+/m1/s1. The molecule has 2 amide bonds. The quantitative estimate of drug-likeness (QED) is 0.0773. The first kappa shape index (κ1) is 42.1. The SMILES string of the molecule is C[C@@H]1CC[C@@]23CCC4(OCCO4)[C@H]2[C@]1(C)[C@@H](OC(=O)CSc1ccc(CC(=O)NCCCNC(=O)OC(C)(C)C)cc1)C[C@H](CCCCCl)[C@@H](O)[C@@H]3C. The normalized spacial score (nSPS) is 32.0. The lowest BCUT2D eigenvalue weighted by atomic mass is 9.44. The molecule has 1 heterocycles. The second kappa shape index (κ2) is 17.8. The van der Waals surface area contributed by atoms with E-state index in [0.717, 1.165) is 55.4 Å². The van der Waals surface area contributed by atoms with Crippen molar-refractivity contribution in [2.75, 3.05) is 37.9 Å². The van der Waals surface area contributed by atoms with Crippen molar-refractivity contribution in [2.45, 2.75) is 134 Å². The molecule has 3 saturated carbocycles. The Labute approximate surface area is 325 Å². The summed E-state index contributed by atoms with van der Waals surface area (Å²) in [4.78, 5) is 39.0. The number of unbranched alkanes of at least 4 members (excludes halogenated alkanes) is 1. The molecule has 1 aromatic rings. The summed E-state index contributed by atoms with van der Waals surface area (Å²) in [7, 11) is 0. The second-order valence-corrected chi connectivity index (χ2v) is 18.6. The van der Waals surface area contributed by atoms with E-state index in [1.165, 1.54) is 11.8 Å². The van der Waals surface area contributed by atoms with Gasteiger partial charge in [0.05, 0.1) is 31.5 Å². The maximum absolute atomic E-state index is 13.8. The number of benzene rings is 1. The van der Waals surface area contributed by atoms with Gasteiger partial charge in [-0.25, -0.2) is 4.79 Å². The summed E-state index contributed by atoms with van der Waals surface area (Å²) in [5, 5.41) is 17.7. The molecule has 4 aliphatic rings. The van der Waals surface area contributed by atoms with E-state index in [1.54, 1.807) is 0 Å². The third-order valence-corrected chi connectivity index (χ3v) is 14.0. The number of carbonyl (C=O) groups excluding carboxylic acids is 3. The zero-order chi connectivity index (χ0) is 38.4. The summed E-state index contributed by atoms with van der Waals surface area (Å²) in [5.41, 5.74) is -0.237. The Hall–Kier alpha value is -2.05. The highest BCUT2D eigenvalue weighted by atomic mass is 35.5. The third-order valence-electron chi connectivity index (χ3n) is 12.8. The molecule has 4 fully saturated rings. The highest BCUT2D eigenvalue weighted by Crippen LogP contribution is 2.72. The van der Waals surface area contributed by atoms with Gasteiger partial charge in [0.25, 0.3) is 0 Å². The molecule has 0 radical (unpaired) electrons. The first-order valence-electron chi connectivity index (χ1n) is 19.8. The molecule has 1 spiro atoms. The molecule has 1 saturated heterocycles. The molecule has 53 heavy (non-hydrogen) atoms. The Kier molecular flexibility index (Phi) is 14.2. The monoisotopic (exact) mass is 778 g/mol. The predicted molar refractivity (Wildman–Crippen MR) is 207 cm³/mol. The van der Waals surface area contributed by atoms with Crippen LogP contribution in [0, 0.1) is 34.5 Å². The van der Waals surface area contributed by atoms with Crippen LogP contribution in [0.25, 0.3) is 0 Å². The summed E-state index contributed by atoms with van der Waals surface area (Å²) in [6, 6.07) is 7.68. The number of hydrogen-bond donors (Lipinski definition) is 3. The van der Waals surface area contributed by atoms with Crippen molar-refractivity contribution >= 4 is 41.3 Å². The topological polar surface area (TPSA) is 132 Å². The van der Waals surface area contributed by atoms with Gasteiger partial charge in [-0.3, -0.25) is 9.59 Å². The fraction of sp³-hybridized carbons (Fsp3) is 0.780. The maximum Gasteiger partial charge on any atom is 0.407 e. The lowest BCUT2D eigenvalue weighted by Gasteiger charge is -2.63. The largest absolute Gasteiger partial charge is 0.461 e. The Bertz CT molecular complexity index is 1400. The number of halogens is 1. The van der Waals surface area contributed by atoms with Crippen molar-refractivity contribution in [3.63, 3.8) is 0 Å². The molecular formula is C41H63ClN2O8S. The summed E-state index contributed by atoms with van der Waals surface area (Å²) < 4.78 is 24.9. The molecule has 1 aliphatic heterocycles. The third kappa shape index (κ3) is 9.68. The molecule has 0 aromatic heterocycles. The minimum absolute atomic E-state index is 0.00160. The summed E-state index contributed by atoms with van der Waals surface area (Å²) in [5.74, 6) is 0.0295. The zero-order valence-corrected chi connectivity index (χ0v) is 34.3. The number of rotatable bonds is 14. The van der Waals surface area contributed by atoms with Gasteiger partial charge >= 0.3 is 12.1 Å². The van der Waals surface area contributed by atoms with Crippen molar-refractivity contribution < 1.29 is 38.4 Å². The van der Waals surface area contributed by atoms with Crippen molar-refractivity contribution in [3.8, 4) is 0 Å². The minimum Gasteiger partial charge on any atom is -0.461 e. The van der Waals surface area contributed by atoms with Crippen LogP contribution >= 0.6 is 23.4 Å². The van der Waals surface area contributed by atoms with Crippen LogP contribution in [0.5, 0.6) is 0 Å². The summed E-state index contributed by atoms with van der Waals surface area (Å²) in [6.45, 7) is 14.3. The number of thioether (sulfide) groups is 1. The fourth-order valence-electron chi connectivity index (χ4n) is 10.1. The van der Waals surface area contributed by atoms with E-state index in [1.807, 2.05) is 45.0 Å². The van der Waals surface area contributed by atoms with E-state index in [4.69, 9.17) is 30.5 Å². The van der Waals surface area contributed by atoms with Crippen LogP contribution in [0.15, 0.2) is 29.2 Å². The molecule has 8 atom stereocenters. The van der Waals surface area contributed by atoms with E-state index < -0.39 is 35.1 Å². The van der Waals surface area contributed by atoms with Gasteiger partial charge in [0.1, 0.15) is 11.7 Å². The van der Waals surface area contributed by atoms with Crippen molar-refractivity contribution in [2.24, 2.45) is 34.5 Å². The Morgan fingerprint density at radius 1 is 1.00 bits per heavy atom. The lowest BCUT2D eigenvalue weighted by molar-refractivity contribution is -0.280. The Morgan fingerprint density at radius 3 is 2.38 bits per heavy atom. The van der Waals surface area contributed by atoms with Gasteiger partial charge in [-0.1, -0.05) is 39.3 Å². The summed E-state index contributed by atoms with van der Waals surface area (Å²) in [6.07, 6.45) is 6.48. The van der Waals surface area contributed by atoms with Gasteiger partial charge in [0.15, 0.2) is 5.79 Å². The number of hydrogen-bond acceptors (Lipinski definition) is 9. The fourth-order valence-corrected chi connectivity index (χ4v) is 10.9. The van der Waals surface area contributed by atoms with Gasteiger partial charge in [-0.2, -0.15) is 0 Å². The van der Waals surface area contributed by atoms with E-state index in [9.17, 15) is 19.5 Å². The van der Waals surface area contributed by atoms with Crippen molar-refractivity contribution in [1.82, 2.24) is 10.6 Å². The Morgan fingerprint density at radius 2 is 1.70 bits per heavy atom. The number of alkyl halides is 1.